The molecule has 0 bridgehead atoms. The van der Waals surface area contributed by atoms with Crippen LogP contribution < -0.4 is 5.73 Å². The zero-order valence-corrected chi connectivity index (χ0v) is 40.0. The van der Waals surface area contributed by atoms with Gasteiger partial charge in [0.2, 0.25) is 0 Å². The van der Waals surface area contributed by atoms with Gasteiger partial charge in [-0.25, -0.2) is 9.78 Å². The number of hydrogen-bond donors (Lipinski definition) is 2. The molecule has 1 aliphatic carbocycles. The van der Waals surface area contributed by atoms with Gasteiger partial charge in [0.05, 0.1) is 30.3 Å². The number of esters is 3. The van der Waals surface area contributed by atoms with Gasteiger partial charge in [0, 0.05) is 38.8 Å². The van der Waals surface area contributed by atoms with Gasteiger partial charge in [-0.3, -0.25) is 14.4 Å². The summed E-state index contributed by atoms with van der Waals surface area (Å²) in [5.74, 6) is -1.48. The second-order valence-corrected chi connectivity index (χ2v) is 18.1. The Morgan fingerprint density at radius 1 is 0.770 bits per heavy atom. The molecule has 1 saturated carbocycles. The van der Waals surface area contributed by atoms with Gasteiger partial charge in [0.25, 0.3) is 0 Å². The smallest absolute Gasteiger partial charge is 0.306 e. The monoisotopic (exact) mass is 890 g/mol. The number of carbonyl (C=O) groups is 3. The zero-order valence-electron chi connectivity index (χ0n) is 39.3. The van der Waals surface area contributed by atoms with Gasteiger partial charge in [-0.05, 0) is 59.8 Å². The second kappa shape index (κ2) is 35.5. The third-order valence-corrected chi connectivity index (χ3v) is 12.1. The normalized spacial score (nSPS) is 19.7. The van der Waals surface area contributed by atoms with Crippen LogP contribution in [-0.2, 0) is 47.8 Å². The highest BCUT2D eigenvalue weighted by atomic mass is 35.5. The number of carbonyl (C=O) groups excluding carboxylic acids is 3. The Hall–Kier alpha value is -1.80. The Morgan fingerprint density at radius 3 is 1.77 bits per heavy atom. The SMILES string of the molecule is CCCCCCCCCCCCCCCCC(=O)OCC(COOCCN)OC(=O)CCCCCCCCC(=O)O[C@@H]1CC[C@](O)(CCl)[C@@H](C(C)(C)OCC=C(C)C)[C@@H]1OC. The van der Waals surface area contributed by atoms with E-state index < -0.39 is 35.4 Å². The number of alkyl halides is 1. The molecule has 61 heavy (non-hydrogen) atoms. The van der Waals surface area contributed by atoms with E-state index >= 15 is 0 Å². The Kier molecular flexibility index (Phi) is 33.3. The van der Waals surface area contributed by atoms with Crippen LogP contribution in [0, 0.1) is 5.92 Å². The average Bonchev–Trinajstić information content (AvgIpc) is 3.22. The number of hydrogen-bond acceptors (Lipinski definition) is 12. The molecule has 13 heteroatoms. The minimum atomic E-state index is -1.23. The third kappa shape index (κ3) is 27.2. The van der Waals surface area contributed by atoms with Crippen molar-refractivity contribution in [3.63, 3.8) is 0 Å². The number of aliphatic hydroxyl groups is 1. The summed E-state index contributed by atoms with van der Waals surface area (Å²) >= 11 is 6.31. The van der Waals surface area contributed by atoms with E-state index in [0.29, 0.717) is 38.7 Å². The fraction of sp³-hybridized carbons (Fsp3) is 0.896. The molecule has 0 aromatic heterocycles. The molecule has 0 aromatic carbocycles. The first-order valence-electron chi connectivity index (χ1n) is 23.9. The lowest BCUT2D eigenvalue weighted by Gasteiger charge is -2.52. The topological polar surface area (TPSA) is 162 Å². The Balaban J connectivity index is 2.32. The molecule has 0 heterocycles. The molecule has 1 unspecified atom stereocenters. The molecule has 0 radical (unpaired) electrons. The van der Waals surface area contributed by atoms with Crippen LogP contribution in [0.4, 0.5) is 0 Å². The Morgan fingerprint density at radius 2 is 1.28 bits per heavy atom. The van der Waals surface area contributed by atoms with Gasteiger partial charge in [-0.15, -0.1) is 11.6 Å². The lowest BCUT2D eigenvalue weighted by molar-refractivity contribution is -0.305. The lowest BCUT2D eigenvalue weighted by Crippen LogP contribution is -2.63. The van der Waals surface area contributed by atoms with Crippen molar-refractivity contribution in [2.45, 2.75) is 225 Å². The largest absolute Gasteiger partial charge is 0.462 e. The van der Waals surface area contributed by atoms with E-state index in [1.807, 2.05) is 33.8 Å². The summed E-state index contributed by atoms with van der Waals surface area (Å²) in [6.07, 6.45) is 24.1. The standard InChI is InChI=1S/C48H88ClNO11/c1-7-8-9-10-11-12-13-14-15-16-17-18-21-24-27-42(51)56-36-40(37-59-58-35-33-50)60-43(52)28-25-22-19-20-23-26-29-44(53)61-41-30-32-48(54,38-49)46(45(41)55-6)47(4,5)57-34-31-39(2)3/h31,40-41,45-46,54H,7-30,32-38,50H2,1-6H3/t40?,41-,45-,46-,48+/m1/s1. The van der Waals surface area contributed by atoms with Crippen LogP contribution in [0.2, 0.25) is 0 Å². The van der Waals surface area contributed by atoms with Crippen molar-refractivity contribution < 1.29 is 52.9 Å². The van der Waals surface area contributed by atoms with Crippen molar-refractivity contribution in [3.8, 4) is 0 Å². The molecular formula is C48H88ClNO11. The predicted octanol–water partition coefficient (Wildman–Crippen LogP) is 10.4. The van der Waals surface area contributed by atoms with Crippen molar-refractivity contribution in [2.75, 3.05) is 46.0 Å². The minimum absolute atomic E-state index is 0.0199. The number of allylic oxidation sites excluding steroid dienone is 1. The Bertz CT molecular complexity index is 1170. The molecule has 12 nitrogen and oxygen atoms in total. The number of nitrogens with two attached hydrogens (primary N) is 1. The van der Waals surface area contributed by atoms with E-state index in [1.54, 1.807) is 7.11 Å². The van der Waals surface area contributed by atoms with Crippen molar-refractivity contribution >= 4 is 29.5 Å². The van der Waals surface area contributed by atoms with Crippen LogP contribution >= 0.6 is 11.6 Å². The van der Waals surface area contributed by atoms with Crippen LogP contribution in [0.15, 0.2) is 11.6 Å². The van der Waals surface area contributed by atoms with Crippen LogP contribution in [-0.4, -0.2) is 98.5 Å². The molecule has 1 rings (SSSR count). The van der Waals surface area contributed by atoms with Crippen LogP contribution in [0.25, 0.3) is 0 Å². The minimum Gasteiger partial charge on any atom is -0.462 e. The molecule has 0 aromatic rings. The molecule has 0 spiro atoms. The predicted molar refractivity (Wildman–Crippen MR) is 242 cm³/mol. The Labute approximate surface area is 375 Å². The summed E-state index contributed by atoms with van der Waals surface area (Å²) in [5.41, 5.74) is 4.56. The van der Waals surface area contributed by atoms with E-state index in [2.05, 4.69) is 6.92 Å². The van der Waals surface area contributed by atoms with Gasteiger partial charge in [-0.1, -0.05) is 128 Å². The molecule has 0 amide bonds. The molecule has 1 aliphatic rings. The van der Waals surface area contributed by atoms with Gasteiger partial charge in [0.1, 0.15) is 25.4 Å². The summed E-state index contributed by atoms with van der Waals surface area (Å²) in [7, 11) is 1.57. The van der Waals surface area contributed by atoms with Crippen LogP contribution in [0.1, 0.15) is 195 Å². The first-order chi connectivity index (χ1) is 29.3. The molecule has 1 fully saturated rings. The summed E-state index contributed by atoms with van der Waals surface area (Å²) in [5, 5.41) is 11.5. The molecular weight excluding hydrogens is 802 g/mol. The fourth-order valence-electron chi connectivity index (χ4n) is 8.14. The molecule has 0 aliphatic heterocycles. The van der Waals surface area contributed by atoms with Gasteiger partial charge < -0.3 is 34.5 Å². The van der Waals surface area contributed by atoms with E-state index in [1.165, 1.54) is 70.6 Å². The van der Waals surface area contributed by atoms with E-state index in [9.17, 15) is 19.5 Å². The van der Waals surface area contributed by atoms with Crippen molar-refractivity contribution in [1.29, 1.82) is 0 Å². The van der Waals surface area contributed by atoms with E-state index in [0.717, 1.165) is 50.5 Å². The van der Waals surface area contributed by atoms with Gasteiger partial charge >= 0.3 is 17.9 Å². The highest BCUT2D eigenvalue weighted by Crippen LogP contribution is 2.45. The first kappa shape index (κ1) is 57.2. The van der Waals surface area contributed by atoms with Gasteiger partial charge in [0.15, 0.2) is 6.10 Å². The number of rotatable bonds is 39. The van der Waals surface area contributed by atoms with E-state index in [4.69, 9.17) is 50.8 Å². The van der Waals surface area contributed by atoms with Crippen molar-refractivity contribution in [3.05, 3.63) is 11.6 Å². The molecule has 358 valence electrons. The number of ether oxygens (including phenoxy) is 5. The van der Waals surface area contributed by atoms with Crippen LogP contribution in [0.5, 0.6) is 0 Å². The second-order valence-electron chi connectivity index (χ2n) is 17.8. The maximum absolute atomic E-state index is 12.9. The highest BCUT2D eigenvalue weighted by Gasteiger charge is 2.56. The highest BCUT2D eigenvalue weighted by molar-refractivity contribution is 6.18. The van der Waals surface area contributed by atoms with Crippen LogP contribution in [0.3, 0.4) is 0 Å². The molecule has 0 saturated heterocycles. The van der Waals surface area contributed by atoms with Gasteiger partial charge in [-0.2, -0.15) is 0 Å². The summed E-state index contributed by atoms with van der Waals surface area (Å²) in [6.45, 7) is 10.8. The summed E-state index contributed by atoms with van der Waals surface area (Å²) in [6, 6.07) is 0. The lowest BCUT2D eigenvalue weighted by atomic mass is 9.66. The number of halogens is 1. The van der Waals surface area contributed by atoms with Crippen molar-refractivity contribution in [1.82, 2.24) is 0 Å². The summed E-state index contributed by atoms with van der Waals surface area (Å²) in [4.78, 5) is 48.2. The fourth-order valence-corrected chi connectivity index (χ4v) is 8.44. The summed E-state index contributed by atoms with van der Waals surface area (Å²) < 4.78 is 29.1. The maximum Gasteiger partial charge on any atom is 0.306 e. The zero-order chi connectivity index (χ0) is 45.2. The van der Waals surface area contributed by atoms with E-state index in [-0.39, 0.29) is 63.0 Å². The quantitative estimate of drug-likeness (QED) is 0.0114. The average molecular weight is 891 g/mol. The number of methoxy groups -OCH3 is 1. The first-order valence-corrected chi connectivity index (χ1v) is 24.4. The van der Waals surface area contributed by atoms with Crippen molar-refractivity contribution in [2.24, 2.45) is 11.7 Å². The molecule has 5 atom stereocenters. The number of unbranched alkanes of at least 4 members (excludes halogenated alkanes) is 18. The molecule has 3 N–H and O–H groups in total. The maximum atomic E-state index is 12.9. The third-order valence-electron chi connectivity index (χ3n) is 11.6.